The van der Waals surface area contributed by atoms with Crippen molar-refractivity contribution in [1.29, 1.82) is 0 Å². The highest BCUT2D eigenvalue weighted by Crippen LogP contribution is 2.10. The van der Waals surface area contributed by atoms with Crippen molar-refractivity contribution in [3.8, 4) is 0 Å². The molecule has 1 N–H and O–H groups in total. The fourth-order valence-corrected chi connectivity index (χ4v) is 2.44. The van der Waals surface area contributed by atoms with E-state index >= 15 is 0 Å². The molecule has 1 fully saturated rings. The number of nitrogens with zero attached hydrogens (tertiary/aromatic N) is 3. The number of amides is 1. The van der Waals surface area contributed by atoms with Crippen LogP contribution in [0.3, 0.4) is 0 Å². The third kappa shape index (κ3) is 2.90. The van der Waals surface area contributed by atoms with Gasteiger partial charge in [-0.25, -0.2) is 4.98 Å². The number of imidazole rings is 1. The van der Waals surface area contributed by atoms with Crippen molar-refractivity contribution in [2.45, 2.75) is 32.2 Å². The Morgan fingerprint density at radius 3 is 3.06 bits per heavy atom. The number of carbonyl (C=O) groups is 1. The van der Waals surface area contributed by atoms with E-state index in [9.17, 15) is 4.79 Å². The minimum atomic E-state index is 0.0399. The van der Waals surface area contributed by atoms with Crippen LogP contribution in [0.1, 0.15) is 36.8 Å². The van der Waals surface area contributed by atoms with Crippen LogP contribution < -0.4 is 5.32 Å². The number of rotatable bonds is 5. The molecule has 0 radical (unpaired) electrons. The highest BCUT2D eigenvalue weighted by Gasteiger charge is 2.23. The first-order valence-electron chi connectivity index (χ1n) is 6.72. The average Bonchev–Trinajstić information content (AvgIpc) is 2.99. The molecule has 1 aliphatic rings. The Hall–Kier alpha value is -1.36. The standard InChI is InChI=1S/C13H22N4O/c1-3-8-17(10-11-5-4-6-14-11)13(18)12-15-7-9-16(12)2/h7,9,11,14H,3-6,8,10H2,1-2H3. The average molecular weight is 250 g/mol. The van der Waals surface area contributed by atoms with Crippen molar-refractivity contribution in [3.05, 3.63) is 18.2 Å². The van der Waals surface area contributed by atoms with Crippen LogP contribution in [-0.4, -0.2) is 46.0 Å². The maximum atomic E-state index is 12.4. The summed E-state index contributed by atoms with van der Waals surface area (Å²) in [6.07, 6.45) is 6.83. The lowest BCUT2D eigenvalue weighted by Gasteiger charge is -2.25. The van der Waals surface area contributed by atoms with Crippen molar-refractivity contribution < 1.29 is 4.79 Å². The fourth-order valence-electron chi connectivity index (χ4n) is 2.44. The topological polar surface area (TPSA) is 50.2 Å². The lowest BCUT2D eigenvalue weighted by molar-refractivity contribution is 0.0726. The lowest BCUT2D eigenvalue weighted by Crippen LogP contribution is -2.42. The highest BCUT2D eigenvalue weighted by molar-refractivity contribution is 5.90. The summed E-state index contributed by atoms with van der Waals surface area (Å²) in [4.78, 5) is 18.5. The van der Waals surface area contributed by atoms with E-state index in [-0.39, 0.29) is 5.91 Å². The summed E-state index contributed by atoms with van der Waals surface area (Å²) in [5, 5.41) is 3.44. The van der Waals surface area contributed by atoms with E-state index in [0.717, 1.165) is 32.5 Å². The zero-order valence-corrected chi connectivity index (χ0v) is 11.2. The Balaban J connectivity index is 2.04. The van der Waals surface area contributed by atoms with Gasteiger partial charge in [-0.15, -0.1) is 0 Å². The van der Waals surface area contributed by atoms with Gasteiger partial charge in [0.05, 0.1) is 0 Å². The second-order valence-electron chi connectivity index (χ2n) is 4.91. The maximum Gasteiger partial charge on any atom is 0.289 e. The molecule has 0 aromatic carbocycles. The van der Waals surface area contributed by atoms with Gasteiger partial charge in [-0.3, -0.25) is 4.79 Å². The number of aromatic nitrogens is 2. The summed E-state index contributed by atoms with van der Waals surface area (Å²) in [5.41, 5.74) is 0. The second-order valence-corrected chi connectivity index (χ2v) is 4.91. The molecular formula is C13H22N4O. The van der Waals surface area contributed by atoms with Gasteiger partial charge in [0, 0.05) is 38.6 Å². The normalized spacial score (nSPS) is 19.1. The molecule has 1 atom stereocenters. The van der Waals surface area contributed by atoms with Gasteiger partial charge in [0.25, 0.3) is 5.91 Å². The van der Waals surface area contributed by atoms with E-state index in [1.807, 2.05) is 18.1 Å². The first-order valence-corrected chi connectivity index (χ1v) is 6.72. The van der Waals surface area contributed by atoms with Crippen LogP contribution in [-0.2, 0) is 7.05 Å². The maximum absolute atomic E-state index is 12.4. The van der Waals surface area contributed by atoms with Crippen LogP contribution in [0.4, 0.5) is 0 Å². The van der Waals surface area contributed by atoms with E-state index in [4.69, 9.17) is 0 Å². The Labute approximate surface area is 108 Å². The van der Waals surface area contributed by atoms with Gasteiger partial charge in [0.1, 0.15) is 0 Å². The minimum Gasteiger partial charge on any atom is -0.334 e. The molecule has 0 aliphatic carbocycles. The molecule has 0 saturated carbocycles. The zero-order chi connectivity index (χ0) is 13.0. The molecule has 0 spiro atoms. The number of carbonyl (C=O) groups excluding carboxylic acids is 1. The van der Waals surface area contributed by atoms with E-state index in [2.05, 4.69) is 17.2 Å². The van der Waals surface area contributed by atoms with Crippen molar-refractivity contribution in [1.82, 2.24) is 19.8 Å². The predicted octanol–water partition coefficient (Wildman–Crippen LogP) is 1.02. The molecule has 2 heterocycles. The van der Waals surface area contributed by atoms with E-state index in [0.29, 0.717) is 11.9 Å². The number of aryl methyl sites for hydroxylation is 1. The van der Waals surface area contributed by atoms with Gasteiger partial charge in [-0.1, -0.05) is 6.92 Å². The van der Waals surface area contributed by atoms with Crippen LogP contribution in [0.15, 0.2) is 12.4 Å². The SMILES string of the molecule is CCCN(CC1CCCN1)C(=O)c1nccn1C. The first-order chi connectivity index (χ1) is 8.72. The number of hydrogen-bond donors (Lipinski definition) is 1. The first kappa shape index (κ1) is 13.1. The Kier molecular flexibility index (Phi) is 4.36. The van der Waals surface area contributed by atoms with Gasteiger partial charge in [-0.05, 0) is 25.8 Å². The molecule has 5 heteroatoms. The molecule has 1 aliphatic heterocycles. The summed E-state index contributed by atoms with van der Waals surface area (Å²) in [6, 6.07) is 0.445. The summed E-state index contributed by atoms with van der Waals surface area (Å²) in [6.45, 7) is 4.76. The molecule has 1 saturated heterocycles. The van der Waals surface area contributed by atoms with Crippen molar-refractivity contribution >= 4 is 5.91 Å². The van der Waals surface area contributed by atoms with Crippen LogP contribution in [0, 0.1) is 0 Å². The smallest absolute Gasteiger partial charge is 0.289 e. The van der Waals surface area contributed by atoms with Gasteiger partial charge >= 0.3 is 0 Å². The van der Waals surface area contributed by atoms with Gasteiger partial charge in [-0.2, -0.15) is 0 Å². The zero-order valence-electron chi connectivity index (χ0n) is 11.2. The van der Waals surface area contributed by atoms with Gasteiger partial charge in [0.15, 0.2) is 5.82 Å². The van der Waals surface area contributed by atoms with E-state index in [1.165, 1.54) is 6.42 Å². The third-order valence-electron chi connectivity index (χ3n) is 3.40. The Bertz CT molecular complexity index is 395. The molecule has 1 unspecified atom stereocenters. The molecule has 5 nitrogen and oxygen atoms in total. The molecule has 1 amide bonds. The fraction of sp³-hybridized carbons (Fsp3) is 0.692. The van der Waals surface area contributed by atoms with Gasteiger partial charge in [0.2, 0.25) is 0 Å². The monoisotopic (exact) mass is 250 g/mol. The number of nitrogens with one attached hydrogen (secondary N) is 1. The van der Waals surface area contributed by atoms with Crippen molar-refractivity contribution in [3.63, 3.8) is 0 Å². The lowest BCUT2D eigenvalue weighted by atomic mass is 10.2. The van der Waals surface area contributed by atoms with Crippen LogP contribution in [0.2, 0.25) is 0 Å². The van der Waals surface area contributed by atoms with E-state index < -0.39 is 0 Å². The molecule has 0 bridgehead atoms. The third-order valence-corrected chi connectivity index (χ3v) is 3.40. The minimum absolute atomic E-state index is 0.0399. The quantitative estimate of drug-likeness (QED) is 0.849. The van der Waals surface area contributed by atoms with Crippen molar-refractivity contribution in [2.24, 2.45) is 7.05 Å². The Morgan fingerprint density at radius 1 is 1.67 bits per heavy atom. The highest BCUT2D eigenvalue weighted by atomic mass is 16.2. The van der Waals surface area contributed by atoms with Crippen molar-refractivity contribution in [2.75, 3.05) is 19.6 Å². The molecule has 1 aromatic heterocycles. The summed E-state index contributed by atoms with van der Waals surface area (Å²) >= 11 is 0. The molecule has 2 rings (SSSR count). The Morgan fingerprint density at radius 2 is 2.50 bits per heavy atom. The predicted molar refractivity (Wildman–Crippen MR) is 70.4 cm³/mol. The molecule has 18 heavy (non-hydrogen) atoms. The molecule has 1 aromatic rings. The van der Waals surface area contributed by atoms with Crippen LogP contribution >= 0.6 is 0 Å². The van der Waals surface area contributed by atoms with Gasteiger partial charge < -0.3 is 14.8 Å². The molecular weight excluding hydrogens is 228 g/mol. The summed E-state index contributed by atoms with van der Waals surface area (Å²) in [7, 11) is 1.86. The second kappa shape index (κ2) is 6.00. The molecule has 100 valence electrons. The van der Waals surface area contributed by atoms with Crippen LogP contribution in [0.5, 0.6) is 0 Å². The summed E-state index contributed by atoms with van der Waals surface area (Å²) in [5.74, 6) is 0.569. The number of hydrogen-bond acceptors (Lipinski definition) is 3. The summed E-state index contributed by atoms with van der Waals surface area (Å²) < 4.78 is 1.78. The van der Waals surface area contributed by atoms with Crippen LogP contribution in [0.25, 0.3) is 0 Å². The van der Waals surface area contributed by atoms with E-state index in [1.54, 1.807) is 10.8 Å². The largest absolute Gasteiger partial charge is 0.334 e.